The van der Waals surface area contributed by atoms with E-state index in [2.05, 4.69) is 6.58 Å². The van der Waals surface area contributed by atoms with Gasteiger partial charge in [0.1, 0.15) is 0 Å². The zero-order valence-corrected chi connectivity index (χ0v) is 6.88. The first-order chi connectivity index (χ1) is 5.27. The number of nitrogens with one attached hydrogen (secondary N) is 1. The van der Waals surface area contributed by atoms with E-state index in [4.69, 9.17) is 17.0 Å². The molecule has 0 radical (unpaired) electrons. The molecule has 0 bridgehead atoms. The minimum Gasteiger partial charge on any atom is -0.312 e. The van der Waals surface area contributed by atoms with E-state index in [1.807, 2.05) is 24.3 Å². The lowest BCUT2D eigenvalue weighted by molar-refractivity contribution is 0.712. The monoisotopic (exact) mass is 167 g/mol. The van der Waals surface area contributed by atoms with E-state index in [1.54, 1.807) is 0 Å². The third-order valence-electron chi connectivity index (χ3n) is 1.74. The molecule has 2 unspecified atom stereocenters. The fourth-order valence-electron chi connectivity index (χ4n) is 1.07. The molecule has 0 spiro atoms. The lowest BCUT2D eigenvalue weighted by Crippen LogP contribution is -2.11. The summed E-state index contributed by atoms with van der Waals surface area (Å²) in [6, 6.07) is 0. The zero-order chi connectivity index (χ0) is 8.27. The van der Waals surface area contributed by atoms with Crippen LogP contribution in [0.1, 0.15) is 0 Å². The molecule has 1 rings (SSSR count). The molecule has 0 saturated heterocycles. The standard InChI is InChI=1S/C9H10ClN/c1-2-7-5-9(10)4-3-8(7)6-11/h2-8,11H,1H2. The summed E-state index contributed by atoms with van der Waals surface area (Å²) in [5.74, 6) is 0.319. The zero-order valence-electron chi connectivity index (χ0n) is 6.13. The Hall–Kier alpha value is -0.820. The highest BCUT2D eigenvalue weighted by Gasteiger charge is 2.14. The summed E-state index contributed by atoms with van der Waals surface area (Å²) in [4.78, 5) is 0. The molecular formula is C9H10ClN. The van der Waals surface area contributed by atoms with Gasteiger partial charge in [-0.2, -0.15) is 0 Å². The Bertz CT molecular complexity index is 228. The predicted octanol–water partition coefficient (Wildman–Crippen LogP) is 2.75. The molecular weight excluding hydrogens is 158 g/mol. The summed E-state index contributed by atoms with van der Waals surface area (Å²) >= 11 is 5.76. The number of hydrogen-bond donors (Lipinski definition) is 1. The van der Waals surface area contributed by atoms with Crippen LogP contribution in [-0.4, -0.2) is 6.21 Å². The molecule has 0 saturated carbocycles. The van der Waals surface area contributed by atoms with Crippen LogP contribution in [0.4, 0.5) is 0 Å². The number of allylic oxidation sites excluding steroid dienone is 5. The first-order valence-electron chi connectivity index (χ1n) is 3.46. The maximum atomic E-state index is 7.10. The second-order valence-corrected chi connectivity index (χ2v) is 2.90. The first-order valence-corrected chi connectivity index (χ1v) is 3.84. The summed E-state index contributed by atoms with van der Waals surface area (Å²) in [7, 11) is 0. The fraction of sp³-hybridized carbons (Fsp3) is 0.222. The molecule has 0 aromatic rings. The van der Waals surface area contributed by atoms with Gasteiger partial charge in [-0.1, -0.05) is 29.8 Å². The summed E-state index contributed by atoms with van der Waals surface area (Å²) in [5, 5.41) is 7.83. The SMILES string of the molecule is C=CC1C=C(Cl)C=CC1C=N. The molecule has 11 heavy (non-hydrogen) atoms. The van der Waals surface area contributed by atoms with Crippen molar-refractivity contribution in [2.24, 2.45) is 11.8 Å². The number of rotatable bonds is 2. The van der Waals surface area contributed by atoms with Gasteiger partial charge >= 0.3 is 0 Å². The van der Waals surface area contributed by atoms with E-state index in [0.29, 0.717) is 0 Å². The fourth-order valence-corrected chi connectivity index (χ4v) is 1.29. The van der Waals surface area contributed by atoms with Crippen molar-refractivity contribution in [2.45, 2.75) is 0 Å². The van der Waals surface area contributed by atoms with Gasteiger partial charge in [-0.05, 0) is 6.08 Å². The van der Waals surface area contributed by atoms with Crippen molar-refractivity contribution in [3.05, 3.63) is 35.9 Å². The smallest absolute Gasteiger partial charge is 0.0369 e. The van der Waals surface area contributed by atoms with Crippen LogP contribution in [0, 0.1) is 17.2 Å². The largest absolute Gasteiger partial charge is 0.312 e. The van der Waals surface area contributed by atoms with E-state index >= 15 is 0 Å². The average Bonchev–Trinajstić information content (AvgIpc) is 2.04. The summed E-state index contributed by atoms with van der Waals surface area (Å²) in [6.07, 6.45) is 8.85. The summed E-state index contributed by atoms with van der Waals surface area (Å²) in [5.41, 5.74) is 0. The van der Waals surface area contributed by atoms with Gasteiger partial charge in [0.15, 0.2) is 0 Å². The summed E-state index contributed by atoms with van der Waals surface area (Å²) < 4.78 is 0. The molecule has 0 aromatic carbocycles. The average molecular weight is 168 g/mol. The van der Waals surface area contributed by atoms with Crippen molar-refractivity contribution >= 4 is 17.8 Å². The second kappa shape index (κ2) is 3.54. The molecule has 0 aliphatic heterocycles. The highest BCUT2D eigenvalue weighted by atomic mass is 35.5. The normalized spacial score (nSPS) is 29.4. The van der Waals surface area contributed by atoms with Gasteiger partial charge in [-0.25, -0.2) is 0 Å². The van der Waals surface area contributed by atoms with Crippen molar-refractivity contribution in [3.63, 3.8) is 0 Å². The molecule has 1 aliphatic carbocycles. The van der Waals surface area contributed by atoms with Gasteiger partial charge in [0.2, 0.25) is 0 Å². The molecule has 2 heteroatoms. The van der Waals surface area contributed by atoms with Crippen molar-refractivity contribution in [1.82, 2.24) is 0 Å². The van der Waals surface area contributed by atoms with E-state index < -0.39 is 0 Å². The molecule has 0 heterocycles. The van der Waals surface area contributed by atoms with E-state index in [0.717, 1.165) is 5.03 Å². The van der Waals surface area contributed by atoms with Crippen LogP contribution in [0.25, 0.3) is 0 Å². The van der Waals surface area contributed by atoms with Crippen molar-refractivity contribution < 1.29 is 0 Å². The van der Waals surface area contributed by atoms with Crippen LogP contribution >= 0.6 is 11.6 Å². The number of halogens is 1. The Labute approximate surface area is 71.6 Å². The maximum absolute atomic E-state index is 7.10. The highest BCUT2D eigenvalue weighted by molar-refractivity contribution is 6.31. The molecule has 0 amide bonds. The Kier molecular flexibility index (Phi) is 2.66. The van der Waals surface area contributed by atoms with Gasteiger partial charge in [0.25, 0.3) is 0 Å². The summed E-state index contributed by atoms with van der Waals surface area (Å²) in [6.45, 7) is 3.68. The minimum atomic E-state index is 0.134. The molecule has 2 atom stereocenters. The lowest BCUT2D eigenvalue weighted by atomic mass is 9.89. The second-order valence-electron chi connectivity index (χ2n) is 2.47. The van der Waals surface area contributed by atoms with Crippen molar-refractivity contribution in [3.8, 4) is 0 Å². The van der Waals surface area contributed by atoms with Crippen LogP contribution in [0.15, 0.2) is 35.9 Å². The maximum Gasteiger partial charge on any atom is 0.0369 e. The van der Waals surface area contributed by atoms with Crippen LogP contribution in [0.5, 0.6) is 0 Å². The van der Waals surface area contributed by atoms with Gasteiger partial charge in [0, 0.05) is 23.1 Å². The van der Waals surface area contributed by atoms with Crippen LogP contribution < -0.4 is 0 Å². The Balaban J connectivity index is 2.82. The molecule has 1 nitrogen and oxygen atoms in total. The quantitative estimate of drug-likeness (QED) is 0.483. The Morgan fingerprint density at radius 3 is 2.82 bits per heavy atom. The minimum absolute atomic E-state index is 0.134. The lowest BCUT2D eigenvalue weighted by Gasteiger charge is -2.16. The van der Waals surface area contributed by atoms with Crippen LogP contribution in [0.3, 0.4) is 0 Å². The van der Waals surface area contributed by atoms with Gasteiger partial charge in [0.05, 0.1) is 0 Å². The number of hydrogen-bond acceptors (Lipinski definition) is 1. The van der Waals surface area contributed by atoms with Gasteiger partial charge in [-0.3, -0.25) is 0 Å². The molecule has 1 aliphatic rings. The third kappa shape index (κ3) is 1.81. The van der Waals surface area contributed by atoms with Crippen LogP contribution in [-0.2, 0) is 0 Å². The molecule has 1 N–H and O–H groups in total. The molecule has 0 aromatic heterocycles. The molecule has 58 valence electrons. The highest BCUT2D eigenvalue weighted by Crippen LogP contribution is 2.23. The van der Waals surface area contributed by atoms with E-state index in [-0.39, 0.29) is 11.8 Å². The first kappa shape index (κ1) is 8.28. The van der Waals surface area contributed by atoms with Gasteiger partial charge in [-0.15, -0.1) is 6.58 Å². The Morgan fingerprint density at radius 2 is 2.27 bits per heavy atom. The Morgan fingerprint density at radius 1 is 1.55 bits per heavy atom. The topological polar surface area (TPSA) is 23.9 Å². The van der Waals surface area contributed by atoms with E-state index in [1.165, 1.54) is 6.21 Å². The van der Waals surface area contributed by atoms with Crippen molar-refractivity contribution in [2.75, 3.05) is 0 Å². The van der Waals surface area contributed by atoms with E-state index in [9.17, 15) is 0 Å². The predicted molar refractivity (Wildman–Crippen MR) is 49.0 cm³/mol. The van der Waals surface area contributed by atoms with Crippen molar-refractivity contribution in [1.29, 1.82) is 5.41 Å². The third-order valence-corrected chi connectivity index (χ3v) is 1.99. The van der Waals surface area contributed by atoms with Gasteiger partial charge < -0.3 is 5.41 Å². The molecule has 0 fully saturated rings. The van der Waals surface area contributed by atoms with Crippen LogP contribution in [0.2, 0.25) is 0 Å².